The summed E-state index contributed by atoms with van der Waals surface area (Å²) in [7, 11) is 0. The first kappa shape index (κ1) is 9.20. The summed E-state index contributed by atoms with van der Waals surface area (Å²) in [5, 5.41) is 11.5. The van der Waals surface area contributed by atoms with Crippen LogP contribution in [0, 0.1) is 11.3 Å². The minimum Gasteiger partial charge on any atom is -0.365 e. The maximum absolute atomic E-state index is 8.46. The predicted molar refractivity (Wildman–Crippen MR) is 50.1 cm³/mol. The lowest BCUT2D eigenvalue weighted by Crippen LogP contribution is -2.04. The Bertz CT molecular complexity index is 334. The summed E-state index contributed by atoms with van der Waals surface area (Å²) in [6.45, 7) is 6.33. The van der Waals surface area contributed by atoms with Crippen LogP contribution >= 0.6 is 0 Å². The number of nitriles is 1. The number of nitrogens with zero attached hydrogens (tertiary/aromatic N) is 3. The van der Waals surface area contributed by atoms with E-state index < -0.39 is 0 Å². The van der Waals surface area contributed by atoms with Crippen LogP contribution in [0.15, 0.2) is 24.5 Å². The van der Waals surface area contributed by atoms with E-state index in [1.807, 2.05) is 13.0 Å². The fourth-order valence-electron chi connectivity index (χ4n) is 0.719. The minimum atomic E-state index is 0.320. The van der Waals surface area contributed by atoms with E-state index >= 15 is 0 Å². The van der Waals surface area contributed by atoms with Crippen LogP contribution in [0.4, 0.5) is 5.82 Å². The fraction of sp³-hybridized carbons (Fsp3) is 0.222. The Hall–Kier alpha value is -1.89. The van der Waals surface area contributed by atoms with Gasteiger partial charge in [-0.25, -0.2) is 9.97 Å². The molecule has 13 heavy (non-hydrogen) atoms. The molecule has 0 aromatic carbocycles. The molecule has 0 saturated heterocycles. The predicted octanol–water partition coefficient (Wildman–Crippen LogP) is 1.34. The summed E-state index contributed by atoms with van der Waals surface area (Å²) >= 11 is 0. The number of hydrogen-bond donors (Lipinski definition) is 1. The van der Waals surface area contributed by atoms with E-state index in [4.69, 9.17) is 5.26 Å². The van der Waals surface area contributed by atoms with Crippen molar-refractivity contribution in [2.75, 3.05) is 11.9 Å². The van der Waals surface area contributed by atoms with Gasteiger partial charge in [-0.2, -0.15) is 5.26 Å². The first-order valence-electron chi connectivity index (χ1n) is 3.83. The molecule has 0 aliphatic heterocycles. The van der Waals surface area contributed by atoms with Crippen LogP contribution in [0.25, 0.3) is 0 Å². The molecule has 1 aromatic heterocycles. The molecule has 66 valence electrons. The smallest absolute Gasteiger partial charge is 0.158 e. The molecule has 0 amide bonds. The van der Waals surface area contributed by atoms with Crippen molar-refractivity contribution in [3.63, 3.8) is 0 Å². The van der Waals surface area contributed by atoms with Crippen molar-refractivity contribution < 1.29 is 0 Å². The van der Waals surface area contributed by atoms with E-state index in [0.717, 1.165) is 5.57 Å². The topological polar surface area (TPSA) is 61.6 Å². The molecule has 1 N–H and O–H groups in total. The summed E-state index contributed by atoms with van der Waals surface area (Å²) in [6.07, 6.45) is 2.96. The molecule has 0 saturated carbocycles. The lowest BCUT2D eigenvalue weighted by atomic mass is 10.3. The third kappa shape index (κ3) is 2.91. The molecule has 1 heterocycles. The summed E-state index contributed by atoms with van der Waals surface area (Å²) in [4.78, 5) is 7.84. The number of rotatable bonds is 3. The second kappa shape index (κ2) is 4.21. The quantitative estimate of drug-likeness (QED) is 0.702. The highest BCUT2D eigenvalue weighted by atomic mass is 15.0. The molecule has 1 aromatic rings. The lowest BCUT2D eigenvalue weighted by molar-refractivity contribution is 1.11. The van der Waals surface area contributed by atoms with Crippen LogP contribution in [-0.2, 0) is 0 Å². The Labute approximate surface area is 76.9 Å². The van der Waals surface area contributed by atoms with Crippen molar-refractivity contribution in [1.82, 2.24) is 9.97 Å². The Morgan fingerprint density at radius 3 is 2.85 bits per heavy atom. The van der Waals surface area contributed by atoms with Crippen LogP contribution in [0.3, 0.4) is 0 Å². The van der Waals surface area contributed by atoms with Crippen molar-refractivity contribution in [2.45, 2.75) is 6.92 Å². The van der Waals surface area contributed by atoms with Gasteiger partial charge in [-0.1, -0.05) is 12.2 Å². The van der Waals surface area contributed by atoms with Crippen molar-refractivity contribution in [2.24, 2.45) is 0 Å². The molecular formula is C9H10N4. The first-order chi connectivity index (χ1) is 6.22. The van der Waals surface area contributed by atoms with Gasteiger partial charge in [0.05, 0.1) is 12.4 Å². The minimum absolute atomic E-state index is 0.320. The Balaban J connectivity index is 2.60. The van der Waals surface area contributed by atoms with Crippen molar-refractivity contribution in [1.29, 1.82) is 5.26 Å². The van der Waals surface area contributed by atoms with E-state index in [1.165, 1.54) is 12.4 Å². The zero-order valence-corrected chi connectivity index (χ0v) is 7.41. The highest BCUT2D eigenvalue weighted by molar-refractivity contribution is 5.34. The van der Waals surface area contributed by atoms with Gasteiger partial charge in [-0.15, -0.1) is 0 Å². The van der Waals surface area contributed by atoms with Gasteiger partial charge in [0.15, 0.2) is 5.69 Å². The van der Waals surface area contributed by atoms with Gasteiger partial charge in [0.25, 0.3) is 0 Å². The van der Waals surface area contributed by atoms with Crippen molar-refractivity contribution >= 4 is 5.82 Å². The Morgan fingerprint density at radius 2 is 2.38 bits per heavy atom. The summed E-state index contributed by atoms with van der Waals surface area (Å²) < 4.78 is 0. The normalized spacial score (nSPS) is 8.92. The van der Waals surface area contributed by atoms with E-state index in [0.29, 0.717) is 18.1 Å². The van der Waals surface area contributed by atoms with E-state index in [1.54, 1.807) is 0 Å². The molecule has 0 aliphatic rings. The van der Waals surface area contributed by atoms with Crippen LogP contribution < -0.4 is 5.32 Å². The Morgan fingerprint density at radius 1 is 1.62 bits per heavy atom. The van der Waals surface area contributed by atoms with E-state index in [9.17, 15) is 0 Å². The highest BCUT2D eigenvalue weighted by Crippen LogP contribution is 2.00. The zero-order chi connectivity index (χ0) is 9.68. The molecular weight excluding hydrogens is 164 g/mol. The standard InChI is InChI=1S/C9H10N4/c1-7(2)4-12-9-6-11-8(3-10)5-13-9/h5-6H,1,4H2,2H3,(H,12,13). The van der Waals surface area contributed by atoms with Crippen molar-refractivity contribution in [3.8, 4) is 6.07 Å². The lowest BCUT2D eigenvalue weighted by Gasteiger charge is -2.02. The summed E-state index contributed by atoms with van der Waals surface area (Å²) in [6, 6.07) is 1.90. The average Bonchev–Trinajstić information content (AvgIpc) is 2.15. The second-order valence-electron chi connectivity index (χ2n) is 2.71. The maximum Gasteiger partial charge on any atom is 0.158 e. The van der Waals surface area contributed by atoms with Gasteiger partial charge >= 0.3 is 0 Å². The van der Waals surface area contributed by atoms with Gasteiger partial charge in [-0.05, 0) is 6.92 Å². The van der Waals surface area contributed by atoms with Crippen LogP contribution in [0.5, 0.6) is 0 Å². The largest absolute Gasteiger partial charge is 0.365 e. The number of aromatic nitrogens is 2. The third-order valence-corrected chi connectivity index (χ3v) is 1.34. The van der Waals surface area contributed by atoms with Gasteiger partial charge in [-0.3, -0.25) is 0 Å². The van der Waals surface area contributed by atoms with Gasteiger partial charge < -0.3 is 5.32 Å². The van der Waals surface area contributed by atoms with Crippen LogP contribution in [0.2, 0.25) is 0 Å². The van der Waals surface area contributed by atoms with Gasteiger partial charge in [0.2, 0.25) is 0 Å². The fourth-order valence-corrected chi connectivity index (χ4v) is 0.719. The second-order valence-corrected chi connectivity index (χ2v) is 2.71. The SMILES string of the molecule is C=C(C)CNc1cnc(C#N)cn1. The number of nitrogens with one attached hydrogen (secondary N) is 1. The van der Waals surface area contributed by atoms with E-state index in [-0.39, 0.29) is 0 Å². The molecule has 0 spiro atoms. The Kier molecular flexibility index (Phi) is 2.98. The van der Waals surface area contributed by atoms with Gasteiger partial charge in [0.1, 0.15) is 11.9 Å². The van der Waals surface area contributed by atoms with Gasteiger partial charge in [0, 0.05) is 6.54 Å². The van der Waals surface area contributed by atoms with Crippen molar-refractivity contribution in [3.05, 3.63) is 30.2 Å². The monoisotopic (exact) mass is 174 g/mol. The van der Waals surface area contributed by atoms with Crippen LogP contribution in [0.1, 0.15) is 12.6 Å². The molecule has 0 bridgehead atoms. The van der Waals surface area contributed by atoms with Crippen LogP contribution in [-0.4, -0.2) is 16.5 Å². The first-order valence-corrected chi connectivity index (χ1v) is 3.83. The molecule has 4 heteroatoms. The third-order valence-electron chi connectivity index (χ3n) is 1.34. The number of hydrogen-bond acceptors (Lipinski definition) is 4. The molecule has 0 unspecified atom stereocenters. The molecule has 1 rings (SSSR count). The zero-order valence-electron chi connectivity index (χ0n) is 7.41. The molecule has 0 radical (unpaired) electrons. The van der Waals surface area contributed by atoms with E-state index in [2.05, 4.69) is 21.9 Å². The average molecular weight is 174 g/mol. The molecule has 0 fully saturated rings. The maximum atomic E-state index is 8.46. The summed E-state index contributed by atoms with van der Waals surface area (Å²) in [5.74, 6) is 0.655. The molecule has 0 aliphatic carbocycles. The molecule has 4 nitrogen and oxygen atoms in total. The highest BCUT2D eigenvalue weighted by Gasteiger charge is 1.94. The molecule has 0 atom stereocenters. The number of anilines is 1. The summed E-state index contributed by atoms with van der Waals surface area (Å²) in [5.41, 5.74) is 1.34.